The van der Waals surface area contributed by atoms with Gasteiger partial charge in [0.2, 0.25) is 0 Å². The van der Waals surface area contributed by atoms with E-state index in [1.807, 2.05) is 0 Å². The van der Waals surface area contributed by atoms with Crippen LogP contribution in [0.15, 0.2) is 37.1 Å². The zero-order valence-electron chi connectivity index (χ0n) is 10.7. The second-order valence-corrected chi connectivity index (χ2v) is 4.02. The molecule has 0 fully saturated rings. The normalized spacial score (nSPS) is 10.1. The quantitative estimate of drug-likeness (QED) is 0.516. The lowest BCUT2D eigenvalue weighted by Gasteiger charge is -2.00. The van der Waals surface area contributed by atoms with Gasteiger partial charge >= 0.3 is 0 Å². The van der Waals surface area contributed by atoms with Gasteiger partial charge in [0.15, 0.2) is 17.1 Å². The van der Waals surface area contributed by atoms with E-state index in [-0.39, 0.29) is 11.5 Å². The predicted molar refractivity (Wildman–Crippen MR) is 74.2 cm³/mol. The molecule has 0 aliphatic carbocycles. The van der Waals surface area contributed by atoms with E-state index in [2.05, 4.69) is 19.9 Å². The minimum atomic E-state index is -0.0919. The van der Waals surface area contributed by atoms with E-state index in [4.69, 9.17) is 15.9 Å². The van der Waals surface area contributed by atoms with E-state index in [1.165, 1.54) is 18.5 Å². The lowest BCUT2D eigenvalue weighted by atomic mass is 10.1. The van der Waals surface area contributed by atoms with Crippen LogP contribution in [0.3, 0.4) is 0 Å². The number of benzene rings is 1. The number of hydrogen-bond donors (Lipinski definition) is 4. The zero-order valence-corrected chi connectivity index (χ0v) is 10.7. The maximum atomic E-state index is 9.04. The zero-order chi connectivity index (χ0) is 14.4. The van der Waals surface area contributed by atoms with E-state index in [1.54, 1.807) is 18.6 Å². The van der Waals surface area contributed by atoms with Gasteiger partial charge in [0.05, 0.1) is 12.5 Å². The molecule has 0 bridgehead atoms. The monoisotopic (exact) mass is 273 g/mol. The summed E-state index contributed by atoms with van der Waals surface area (Å²) in [7, 11) is 0. The predicted octanol–water partition coefficient (Wildman–Crippen LogP) is 0.952. The Hall–Kier alpha value is -2.67. The highest BCUT2D eigenvalue weighted by Gasteiger charge is 1.98. The van der Waals surface area contributed by atoms with E-state index < -0.39 is 0 Å². The number of H-pyrrole nitrogens is 1. The molecule has 1 aromatic carbocycles. The van der Waals surface area contributed by atoms with Crippen LogP contribution in [0.4, 0.5) is 0 Å². The first kappa shape index (κ1) is 13.8. The first-order valence-electron chi connectivity index (χ1n) is 6.00. The lowest BCUT2D eigenvalue weighted by Crippen LogP contribution is -2.02. The second kappa shape index (κ2) is 6.48. The number of phenols is 2. The Balaban J connectivity index is 0.000000149. The minimum Gasteiger partial charge on any atom is -0.504 e. The molecule has 3 rings (SSSR count). The number of hydrogen-bond acceptors (Lipinski definition) is 6. The summed E-state index contributed by atoms with van der Waals surface area (Å²) in [6, 6.07) is 4.71. The topological polar surface area (TPSA) is 121 Å². The number of aromatic hydroxyl groups is 2. The third-order valence-electron chi connectivity index (χ3n) is 2.57. The molecule has 0 amide bonds. The summed E-state index contributed by atoms with van der Waals surface area (Å²) in [6.45, 7) is 0.546. The van der Waals surface area contributed by atoms with Gasteiger partial charge in [0, 0.05) is 0 Å². The van der Waals surface area contributed by atoms with E-state index in [9.17, 15) is 0 Å². The first-order valence-corrected chi connectivity index (χ1v) is 6.00. The van der Waals surface area contributed by atoms with E-state index >= 15 is 0 Å². The molecule has 2 aromatic heterocycles. The molecule has 0 aliphatic heterocycles. The number of phenolic OH excluding ortho intramolecular Hbond substituents is 2. The fourth-order valence-electron chi connectivity index (χ4n) is 1.58. The Morgan fingerprint density at radius 1 is 1.15 bits per heavy atom. The Labute approximate surface area is 115 Å². The van der Waals surface area contributed by atoms with Crippen LogP contribution in [0.5, 0.6) is 11.5 Å². The van der Waals surface area contributed by atoms with Crippen molar-refractivity contribution in [3.05, 3.63) is 42.6 Å². The van der Waals surface area contributed by atoms with Gasteiger partial charge in [-0.3, -0.25) is 0 Å². The highest BCUT2D eigenvalue weighted by molar-refractivity contribution is 5.67. The molecule has 0 saturated heterocycles. The Kier molecular flexibility index (Phi) is 4.46. The molecule has 0 atom stereocenters. The molecule has 0 unspecified atom stereocenters. The molecule has 0 spiro atoms. The molecule has 3 aromatic rings. The van der Waals surface area contributed by atoms with Crippen molar-refractivity contribution in [3.8, 4) is 11.5 Å². The molecule has 5 N–H and O–H groups in total. The lowest BCUT2D eigenvalue weighted by molar-refractivity contribution is 0.403. The van der Waals surface area contributed by atoms with Gasteiger partial charge in [-0.1, -0.05) is 6.07 Å². The molecule has 20 heavy (non-hydrogen) atoms. The van der Waals surface area contributed by atoms with E-state index in [0.717, 1.165) is 11.1 Å². The highest BCUT2D eigenvalue weighted by atomic mass is 16.3. The van der Waals surface area contributed by atoms with Crippen LogP contribution in [0.25, 0.3) is 11.2 Å². The van der Waals surface area contributed by atoms with Crippen molar-refractivity contribution in [2.24, 2.45) is 5.73 Å². The van der Waals surface area contributed by atoms with Crippen LogP contribution in [0, 0.1) is 0 Å². The van der Waals surface area contributed by atoms with Crippen LogP contribution in [0.2, 0.25) is 0 Å². The van der Waals surface area contributed by atoms with Crippen molar-refractivity contribution in [3.63, 3.8) is 0 Å². The molecule has 104 valence electrons. The number of aromatic amines is 1. The van der Waals surface area contributed by atoms with Gasteiger partial charge in [-0.15, -0.1) is 0 Å². The molecule has 0 saturated carbocycles. The molecule has 0 aliphatic rings. The molecular formula is C13H15N5O2. The first-order chi connectivity index (χ1) is 9.70. The minimum absolute atomic E-state index is 0.0871. The number of nitrogens with two attached hydrogens (primary N) is 1. The largest absolute Gasteiger partial charge is 0.504 e. The third kappa shape index (κ3) is 3.42. The average molecular weight is 273 g/mol. The summed E-state index contributed by atoms with van der Waals surface area (Å²) in [6.07, 6.45) is 5.48. The van der Waals surface area contributed by atoms with Crippen molar-refractivity contribution >= 4 is 11.2 Å². The number of nitrogens with zero attached hydrogens (tertiary/aromatic N) is 3. The van der Waals surface area contributed by atoms with Gasteiger partial charge in [-0.05, 0) is 30.7 Å². The summed E-state index contributed by atoms with van der Waals surface area (Å²) in [5, 5.41) is 18.0. The van der Waals surface area contributed by atoms with Gasteiger partial charge in [0.25, 0.3) is 0 Å². The van der Waals surface area contributed by atoms with Crippen molar-refractivity contribution in [2.75, 3.05) is 6.54 Å². The fourth-order valence-corrected chi connectivity index (χ4v) is 1.58. The standard InChI is InChI=1S/C8H11NO2.C5H4N4/c9-4-3-6-1-2-7(10)8(11)5-6;1-4-5(8-2-6-1)9-3-7-4/h1-2,5,10-11H,3-4,9H2;1-3H,(H,6,7,8,9). The van der Waals surface area contributed by atoms with Gasteiger partial charge in [-0.25, -0.2) is 15.0 Å². The molecule has 7 nitrogen and oxygen atoms in total. The van der Waals surface area contributed by atoms with Crippen LogP contribution >= 0.6 is 0 Å². The number of fused-ring (bicyclic) bond motifs is 1. The van der Waals surface area contributed by atoms with Crippen LogP contribution in [0.1, 0.15) is 5.56 Å². The fraction of sp³-hybridized carbons (Fsp3) is 0.154. The average Bonchev–Trinajstić information content (AvgIpc) is 2.92. The summed E-state index contributed by atoms with van der Waals surface area (Å²) < 4.78 is 0. The number of imidazole rings is 1. The highest BCUT2D eigenvalue weighted by Crippen LogP contribution is 2.24. The Morgan fingerprint density at radius 2 is 2.00 bits per heavy atom. The Bertz CT molecular complexity index is 653. The van der Waals surface area contributed by atoms with Crippen LogP contribution < -0.4 is 5.73 Å². The molecule has 2 heterocycles. The second-order valence-electron chi connectivity index (χ2n) is 4.02. The molecule has 0 radical (unpaired) electrons. The summed E-state index contributed by atoms with van der Waals surface area (Å²) >= 11 is 0. The van der Waals surface area contributed by atoms with Crippen LogP contribution in [-0.4, -0.2) is 36.7 Å². The summed E-state index contributed by atoms with van der Waals surface area (Å²) in [5.74, 6) is -0.179. The molecular weight excluding hydrogens is 258 g/mol. The van der Waals surface area contributed by atoms with Crippen molar-refractivity contribution in [1.29, 1.82) is 0 Å². The number of nitrogens with one attached hydrogen (secondary N) is 1. The summed E-state index contributed by atoms with van der Waals surface area (Å²) in [4.78, 5) is 14.5. The molecule has 7 heteroatoms. The Morgan fingerprint density at radius 3 is 2.70 bits per heavy atom. The van der Waals surface area contributed by atoms with Crippen molar-refractivity contribution < 1.29 is 10.2 Å². The maximum Gasteiger partial charge on any atom is 0.180 e. The van der Waals surface area contributed by atoms with Gasteiger partial charge in [-0.2, -0.15) is 0 Å². The van der Waals surface area contributed by atoms with Crippen molar-refractivity contribution in [2.45, 2.75) is 6.42 Å². The van der Waals surface area contributed by atoms with E-state index in [0.29, 0.717) is 18.6 Å². The van der Waals surface area contributed by atoms with Crippen molar-refractivity contribution in [1.82, 2.24) is 19.9 Å². The number of aromatic nitrogens is 4. The van der Waals surface area contributed by atoms with Gasteiger partial charge < -0.3 is 20.9 Å². The number of rotatable bonds is 2. The SMILES string of the molecule is NCCc1ccc(O)c(O)c1.c1ncc2[nH]cnc2n1. The van der Waals surface area contributed by atoms with Crippen LogP contribution in [-0.2, 0) is 6.42 Å². The summed E-state index contributed by atoms with van der Waals surface area (Å²) in [5.41, 5.74) is 7.82. The van der Waals surface area contributed by atoms with Gasteiger partial charge in [0.1, 0.15) is 11.8 Å². The third-order valence-corrected chi connectivity index (χ3v) is 2.57. The smallest absolute Gasteiger partial charge is 0.180 e. The maximum absolute atomic E-state index is 9.04.